The number of carbonyl (C=O) groups is 1. The normalized spacial score (nSPS) is 16.4. The van der Waals surface area contributed by atoms with Crippen LogP contribution in [-0.4, -0.2) is 48.3 Å². The lowest BCUT2D eigenvalue weighted by atomic mass is 9.85. The summed E-state index contributed by atoms with van der Waals surface area (Å²) in [6.45, 7) is 6.94. The Bertz CT molecular complexity index is 379. The molecule has 1 saturated heterocycles. The fraction of sp³-hybridized carbons (Fsp3) is 0.958. The quantitative estimate of drug-likeness (QED) is 0.267. The highest BCUT2D eigenvalue weighted by Gasteiger charge is 2.26. The summed E-state index contributed by atoms with van der Waals surface area (Å²) in [7, 11) is 2.10. The maximum absolute atomic E-state index is 12.2. The number of hydrogen-bond acceptors (Lipinski definition) is 4. The van der Waals surface area contributed by atoms with E-state index in [1.54, 1.807) is 0 Å². The van der Waals surface area contributed by atoms with Crippen LogP contribution in [0.1, 0.15) is 110 Å². The number of ether oxygens (including phenoxy) is 1. The van der Waals surface area contributed by atoms with E-state index in [-0.39, 0.29) is 11.9 Å². The van der Waals surface area contributed by atoms with Crippen LogP contribution in [-0.2, 0) is 9.53 Å². The van der Waals surface area contributed by atoms with Crippen LogP contribution >= 0.6 is 0 Å². The van der Waals surface area contributed by atoms with Gasteiger partial charge in [-0.15, -0.1) is 0 Å². The Hall–Kier alpha value is -0.610. The Morgan fingerprint density at radius 2 is 1.39 bits per heavy atom. The molecule has 0 saturated carbocycles. The first-order valence-electron chi connectivity index (χ1n) is 12.1. The lowest BCUT2D eigenvalue weighted by Gasteiger charge is -2.29. The molecule has 1 fully saturated rings. The largest absolute Gasteiger partial charge is 0.465 e. The molecule has 166 valence electrons. The number of hydrogen-bond donors (Lipinski definition) is 1. The molecule has 1 N–H and O–H groups in total. The fourth-order valence-corrected chi connectivity index (χ4v) is 4.23. The molecule has 1 aliphatic rings. The topological polar surface area (TPSA) is 49.8 Å². The Balaban J connectivity index is 2.24. The van der Waals surface area contributed by atoms with Crippen molar-refractivity contribution in [1.82, 2.24) is 4.90 Å². The maximum Gasteiger partial charge on any atom is 0.309 e. The molecule has 0 aromatic heterocycles. The van der Waals surface area contributed by atoms with Crippen LogP contribution in [0.2, 0.25) is 0 Å². The Kier molecular flexibility index (Phi) is 13.9. The van der Waals surface area contributed by atoms with Crippen LogP contribution < -0.4 is 0 Å². The van der Waals surface area contributed by atoms with E-state index in [0.29, 0.717) is 6.61 Å². The molecule has 28 heavy (non-hydrogen) atoms. The SMILES string of the molecule is CCCCCCC(O)(CCCCCC)CCCCOC(=O)C1CCN(C)CC1. The summed E-state index contributed by atoms with van der Waals surface area (Å²) >= 11 is 0. The highest BCUT2D eigenvalue weighted by atomic mass is 16.5. The van der Waals surface area contributed by atoms with E-state index in [4.69, 9.17) is 4.74 Å². The molecule has 0 aliphatic carbocycles. The number of aliphatic hydroxyl groups is 1. The molecule has 0 bridgehead atoms. The predicted octanol–water partition coefficient (Wildman–Crippen LogP) is 5.71. The first-order valence-corrected chi connectivity index (χ1v) is 12.1. The second kappa shape index (κ2) is 15.3. The smallest absolute Gasteiger partial charge is 0.309 e. The summed E-state index contributed by atoms with van der Waals surface area (Å²) in [5.41, 5.74) is -0.514. The summed E-state index contributed by atoms with van der Waals surface area (Å²) in [6.07, 6.45) is 16.0. The Morgan fingerprint density at radius 1 is 0.893 bits per heavy atom. The maximum atomic E-state index is 12.2. The molecule has 0 unspecified atom stereocenters. The summed E-state index contributed by atoms with van der Waals surface area (Å²) in [6, 6.07) is 0. The van der Waals surface area contributed by atoms with Gasteiger partial charge in [-0.3, -0.25) is 4.79 Å². The number of esters is 1. The van der Waals surface area contributed by atoms with E-state index in [2.05, 4.69) is 25.8 Å². The van der Waals surface area contributed by atoms with E-state index in [0.717, 1.165) is 70.9 Å². The van der Waals surface area contributed by atoms with E-state index in [1.165, 1.54) is 38.5 Å². The standard InChI is InChI=1S/C24H47NO3/c1-4-6-8-10-16-24(27,17-11-9-7-5-2)18-12-13-21-28-23(26)22-14-19-25(3)20-15-22/h22,27H,4-21H2,1-3H3. The zero-order valence-corrected chi connectivity index (χ0v) is 19.0. The number of unbranched alkanes of at least 4 members (excludes halogenated alkanes) is 7. The minimum atomic E-state index is -0.514. The third-order valence-corrected chi connectivity index (χ3v) is 6.32. The van der Waals surface area contributed by atoms with Gasteiger partial charge in [0.1, 0.15) is 0 Å². The molecular weight excluding hydrogens is 350 g/mol. The van der Waals surface area contributed by atoms with E-state index in [9.17, 15) is 9.90 Å². The number of rotatable bonds is 16. The summed E-state index contributed by atoms with van der Waals surface area (Å²) in [5.74, 6) is 0.0766. The highest BCUT2D eigenvalue weighted by molar-refractivity contribution is 5.72. The van der Waals surface area contributed by atoms with Crippen LogP contribution in [0.3, 0.4) is 0 Å². The minimum absolute atomic E-state index is 0.0116. The molecule has 0 spiro atoms. The third kappa shape index (κ3) is 11.4. The molecule has 0 aromatic carbocycles. The fourth-order valence-electron chi connectivity index (χ4n) is 4.23. The molecule has 1 rings (SSSR count). The van der Waals surface area contributed by atoms with Gasteiger partial charge < -0.3 is 14.7 Å². The number of carbonyl (C=O) groups excluding carboxylic acids is 1. The van der Waals surface area contributed by atoms with E-state index in [1.807, 2.05) is 0 Å². The van der Waals surface area contributed by atoms with Crippen LogP contribution in [0.4, 0.5) is 0 Å². The van der Waals surface area contributed by atoms with Crippen LogP contribution in [0.25, 0.3) is 0 Å². The van der Waals surface area contributed by atoms with Gasteiger partial charge in [-0.05, 0) is 65.1 Å². The van der Waals surface area contributed by atoms with Crippen LogP contribution in [0, 0.1) is 5.92 Å². The zero-order chi connectivity index (χ0) is 20.7. The molecule has 0 aromatic rings. The van der Waals surface area contributed by atoms with Gasteiger partial charge in [0.25, 0.3) is 0 Å². The Labute approximate surface area is 174 Å². The second-order valence-corrected chi connectivity index (χ2v) is 9.05. The summed E-state index contributed by atoms with van der Waals surface area (Å²) in [5, 5.41) is 11.1. The van der Waals surface area contributed by atoms with Crippen molar-refractivity contribution in [2.24, 2.45) is 5.92 Å². The van der Waals surface area contributed by atoms with Crippen LogP contribution in [0.15, 0.2) is 0 Å². The highest BCUT2D eigenvalue weighted by Crippen LogP contribution is 2.28. The summed E-state index contributed by atoms with van der Waals surface area (Å²) < 4.78 is 5.52. The third-order valence-electron chi connectivity index (χ3n) is 6.32. The Morgan fingerprint density at radius 3 is 1.89 bits per heavy atom. The first kappa shape index (κ1) is 25.4. The predicted molar refractivity (Wildman–Crippen MR) is 117 cm³/mol. The van der Waals surface area contributed by atoms with Crippen molar-refractivity contribution >= 4 is 5.97 Å². The first-order chi connectivity index (χ1) is 13.5. The lowest BCUT2D eigenvalue weighted by Crippen LogP contribution is -2.34. The molecule has 1 heterocycles. The van der Waals surface area contributed by atoms with Gasteiger partial charge in [-0.2, -0.15) is 0 Å². The van der Waals surface area contributed by atoms with Crippen molar-refractivity contribution in [3.05, 3.63) is 0 Å². The van der Waals surface area contributed by atoms with Crippen molar-refractivity contribution in [2.75, 3.05) is 26.7 Å². The van der Waals surface area contributed by atoms with Gasteiger partial charge in [-0.1, -0.05) is 65.2 Å². The van der Waals surface area contributed by atoms with Gasteiger partial charge in [0.2, 0.25) is 0 Å². The molecule has 1 aliphatic heterocycles. The zero-order valence-electron chi connectivity index (χ0n) is 19.0. The average molecular weight is 398 g/mol. The molecule has 0 radical (unpaired) electrons. The van der Waals surface area contributed by atoms with Crippen LogP contribution in [0.5, 0.6) is 0 Å². The van der Waals surface area contributed by atoms with E-state index < -0.39 is 5.60 Å². The lowest BCUT2D eigenvalue weighted by molar-refractivity contribution is -0.150. The molecule has 0 amide bonds. The summed E-state index contributed by atoms with van der Waals surface area (Å²) in [4.78, 5) is 14.4. The van der Waals surface area contributed by atoms with Gasteiger partial charge in [-0.25, -0.2) is 0 Å². The van der Waals surface area contributed by atoms with Crippen molar-refractivity contribution in [1.29, 1.82) is 0 Å². The molecule has 0 atom stereocenters. The van der Waals surface area contributed by atoms with Gasteiger partial charge in [0.05, 0.1) is 18.1 Å². The van der Waals surface area contributed by atoms with Crippen molar-refractivity contribution in [3.63, 3.8) is 0 Å². The number of nitrogens with zero attached hydrogens (tertiary/aromatic N) is 1. The number of piperidine rings is 1. The second-order valence-electron chi connectivity index (χ2n) is 9.05. The van der Waals surface area contributed by atoms with E-state index >= 15 is 0 Å². The molecular formula is C24H47NO3. The average Bonchev–Trinajstić information content (AvgIpc) is 2.69. The van der Waals surface area contributed by atoms with Gasteiger partial charge >= 0.3 is 5.97 Å². The molecule has 4 nitrogen and oxygen atoms in total. The number of likely N-dealkylation sites (tertiary alicyclic amines) is 1. The van der Waals surface area contributed by atoms with Crippen molar-refractivity contribution < 1.29 is 14.6 Å². The molecule has 4 heteroatoms. The monoisotopic (exact) mass is 397 g/mol. The van der Waals surface area contributed by atoms with Gasteiger partial charge in [0, 0.05) is 0 Å². The minimum Gasteiger partial charge on any atom is -0.465 e. The van der Waals surface area contributed by atoms with Gasteiger partial charge in [0.15, 0.2) is 0 Å². The van der Waals surface area contributed by atoms with Crippen molar-refractivity contribution in [3.8, 4) is 0 Å². The van der Waals surface area contributed by atoms with Crippen molar-refractivity contribution in [2.45, 2.75) is 116 Å².